The molecule has 0 saturated heterocycles. The van der Waals surface area contributed by atoms with Crippen LogP contribution in [0.15, 0.2) is 96.6 Å². The van der Waals surface area contributed by atoms with Gasteiger partial charge in [0.2, 0.25) is 5.91 Å². The van der Waals surface area contributed by atoms with E-state index in [2.05, 4.69) is 21.7 Å². The molecule has 6 heteroatoms. The first-order chi connectivity index (χ1) is 16.2. The molecule has 0 bridgehead atoms. The van der Waals surface area contributed by atoms with Gasteiger partial charge in [-0.2, -0.15) is 0 Å². The van der Waals surface area contributed by atoms with Gasteiger partial charge in [-0.05, 0) is 65.7 Å². The van der Waals surface area contributed by atoms with Crippen molar-refractivity contribution in [1.29, 1.82) is 0 Å². The number of aryl methyl sites for hydroxylation is 1. The molecule has 4 rings (SSSR count). The number of aromatic nitrogens is 1. The molecule has 0 aliphatic heterocycles. The highest BCUT2D eigenvalue weighted by molar-refractivity contribution is 7.09. The molecule has 0 aliphatic carbocycles. The number of amides is 2. The van der Waals surface area contributed by atoms with Gasteiger partial charge in [-0.3, -0.25) is 14.6 Å². The highest BCUT2D eigenvalue weighted by Gasteiger charge is 2.18. The molecule has 0 fully saturated rings. The maximum Gasteiger partial charge on any atom is 0.252 e. The van der Waals surface area contributed by atoms with Gasteiger partial charge in [-0.25, -0.2) is 0 Å². The lowest BCUT2D eigenvalue weighted by molar-refractivity contribution is -0.116. The Morgan fingerprint density at radius 2 is 1.67 bits per heavy atom. The van der Waals surface area contributed by atoms with E-state index >= 15 is 0 Å². The Morgan fingerprint density at radius 1 is 0.879 bits per heavy atom. The zero-order valence-electron chi connectivity index (χ0n) is 18.1. The number of hydrogen-bond acceptors (Lipinski definition) is 4. The van der Waals surface area contributed by atoms with Crippen LogP contribution in [0.4, 0.5) is 5.69 Å². The molecule has 2 N–H and O–H groups in total. The predicted molar refractivity (Wildman–Crippen MR) is 132 cm³/mol. The van der Waals surface area contributed by atoms with Gasteiger partial charge >= 0.3 is 0 Å². The lowest BCUT2D eigenvalue weighted by Gasteiger charge is -2.20. The molecule has 2 heterocycles. The van der Waals surface area contributed by atoms with E-state index in [1.807, 2.05) is 53.9 Å². The maximum absolute atomic E-state index is 13.1. The molecule has 0 saturated carbocycles. The fourth-order valence-corrected chi connectivity index (χ4v) is 4.37. The summed E-state index contributed by atoms with van der Waals surface area (Å²) in [4.78, 5) is 30.8. The first kappa shape index (κ1) is 22.4. The van der Waals surface area contributed by atoms with E-state index in [9.17, 15) is 9.59 Å². The van der Waals surface area contributed by atoms with E-state index in [4.69, 9.17) is 0 Å². The quantitative estimate of drug-likeness (QED) is 0.344. The Labute approximate surface area is 197 Å². The summed E-state index contributed by atoms with van der Waals surface area (Å²) >= 11 is 1.71. The van der Waals surface area contributed by atoms with Crippen LogP contribution in [0.2, 0.25) is 0 Å². The lowest BCUT2D eigenvalue weighted by Crippen LogP contribution is -2.29. The molecule has 2 aromatic heterocycles. The number of benzene rings is 2. The van der Waals surface area contributed by atoms with Gasteiger partial charge in [0.15, 0.2) is 0 Å². The van der Waals surface area contributed by atoms with Crippen molar-refractivity contribution >= 4 is 28.8 Å². The summed E-state index contributed by atoms with van der Waals surface area (Å²) in [6.45, 7) is 0. The smallest absolute Gasteiger partial charge is 0.252 e. The third-order valence-corrected chi connectivity index (χ3v) is 6.20. The lowest BCUT2D eigenvalue weighted by atomic mass is 9.99. The number of nitrogens with one attached hydrogen (secondary N) is 2. The second-order valence-electron chi connectivity index (χ2n) is 7.66. The molecular weight excluding hydrogens is 430 g/mol. The molecule has 0 spiro atoms. The molecule has 1 unspecified atom stereocenters. The number of carbonyl (C=O) groups excluding carboxylic acids is 2. The molecule has 4 aromatic rings. The minimum Gasteiger partial charge on any atom is -0.341 e. The Balaban J connectivity index is 1.41. The van der Waals surface area contributed by atoms with E-state index < -0.39 is 0 Å². The third-order valence-electron chi connectivity index (χ3n) is 5.26. The summed E-state index contributed by atoms with van der Waals surface area (Å²) in [5, 5.41) is 8.07. The summed E-state index contributed by atoms with van der Waals surface area (Å²) in [5.74, 6) is -0.266. The van der Waals surface area contributed by atoms with Crippen LogP contribution in [0.25, 0.3) is 0 Å². The van der Waals surface area contributed by atoms with Crippen molar-refractivity contribution in [1.82, 2.24) is 10.3 Å². The number of nitrogens with zero attached hydrogens (tertiary/aromatic N) is 1. The maximum atomic E-state index is 13.1. The van der Waals surface area contributed by atoms with Crippen LogP contribution < -0.4 is 10.6 Å². The molecule has 2 amide bonds. The minimum atomic E-state index is -0.308. The molecule has 5 nitrogen and oxygen atoms in total. The fourth-order valence-electron chi connectivity index (χ4n) is 3.61. The number of anilines is 1. The molecular formula is C27H25N3O2S. The topological polar surface area (TPSA) is 71.1 Å². The Hall–Kier alpha value is -3.77. The normalized spacial score (nSPS) is 11.5. The Kier molecular flexibility index (Phi) is 7.61. The van der Waals surface area contributed by atoms with E-state index in [1.54, 1.807) is 48.0 Å². The van der Waals surface area contributed by atoms with Gasteiger partial charge in [0, 0.05) is 34.9 Å². The fraction of sp³-hybridized carbons (Fsp3) is 0.148. The minimum absolute atomic E-state index is 0.0527. The van der Waals surface area contributed by atoms with Crippen molar-refractivity contribution in [3.63, 3.8) is 0 Å². The number of carbonyl (C=O) groups is 2. The van der Waals surface area contributed by atoms with Crippen molar-refractivity contribution in [2.45, 2.75) is 25.3 Å². The van der Waals surface area contributed by atoms with Crippen LogP contribution in [0.3, 0.4) is 0 Å². The van der Waals surface area contributed by atoms with Crippen LogP contribution in [-0.2, 0) is 11.2 Å². The summed E-state index contributed by atoms with van der Waals surface area (Å²) in [6, 6.07) is 24.4. The zero-order chi connectivity index (χ0) is 22.9. The van der Waals surface area contributed by atoms with E-state index in [0.29, 0.717) is 17.7 Å². The van der Waals surface area contributed by atoms with Gasteiger partial charge in [0.1, 0.15) is 0 Å². The van der Waals surface area contributed by atoms with Gasteiger partial charge in [-0.15, -0.1) is 11.3 Å². The van der Waals surface area contributed by atoms with Crippen molar-refractivity contribution < 1.29 is 9.59 Å². The monoisotopic (exact) mass is 455 g/mol. The van der Waals surface area contributed by atoms with Gasteiger partial charge in [0.25, 0.3) is 5.91 Å². The summed E-state index contributed by atoms with van der Waals surface area (Å²) < 4.78 is 0. The SMILES string of the molecule is O=C(CCCc1cccs1)Nc1cccc(C(=O)NC(c2ccccc2)c2ccncc2)c1. The number of thiophene rings is 1. The second kappa shape index (κ2) is 11.2. The summed E-state index contributed by atoms with van der Waals surface area (Å²) in [7, 11) is 0. The van der Waals surface area contributed by atoms with E-state index in [1.165, 1.54) is 4.88 Å². The largest absolute Gasteiger partial charge is 0.341 e. The average Bonchev–Trinajstić information content (AvgIpc) is 3.37. The van der Waals surface area contributed by atoms with Gasteiger partial charge in [0.05, 0.1) is 6.04 Å². The molecule has 0 radical (unpaired) electrons. The highest BCUT2D eigenvalue weighted by Crippen LogP contribution is 2.22. The first-order valence-electron chi connectivity index (χ1n) is 10.9. The van der Waals surface area contributed by atoms with Crippen LogP contribution in [0.5, 0.6) is 0 Å². The summed E-state index contributed by atoms with van der Waals surface area (Å²) in [5.41, 5.74) is 3.03. The van der Waals surface area contributed by atoms with Crippen LogP contribution in [-0.4, -0.2) is 16.8 Å². The third kappa shape index (κ3) is 6.37. The van der Waals surface area contributed by atoms with Crippen molar-refractivity contribution in [2.24, 2.45) is 0 Å². The Morgan fingerprint density at radius 3 is 2.42 bits per heavy atom. The standard InChI is InChI=1S/C27H25N3O2S/c31-25(13-5-11-24-12-6-18-33-24)29-23-10-4-9-22(19-23)27(32)30-26(20-7-2-1-3-8-20)21-14-16-28-17-15-21/h1-4,6-10,12,14-19,26H,5,11,13H2,(H,29,31)(H,30,32). The Bertz CT molecular complexity index is 1140. The highest BCUT2D eigenvalue weighted by atomic mass is 32.1. The van der Waals surface area contributed by atoms with Gasteiger partial charge < -0.3 is 10.6 Å². The molecule has 1 atom stereocenters. The molecule has 166 valence electrons. The predicted octanol–water partition coefficient (Wildman–Crippen LogP) is 5.62. The van der Waals surface area contributed by atoms with E-state index in [-0.39, 0.29) is 17.9 Å². The molecule has 0 aliphatic rings. The average molecular weight is 456 g/mol. The van der Waals surface area contributed by atoms with Crippen LogP contribution in [0, 0.1) is 0 Å². The van der Waals surface area contributed by atoms with Crippen LogP contribution >= 0.6 is 11.3 Å². The molecule has 33 heavy (non-hydrogen) atoms. The van der Waals surface area contributed by atoms with Gasteiger partial charge in [-0.1, -0.05) is 42.5 Å². The second-order valence-corrected chi connectivity index (χ2v) is 8.69. The van der Waals surface area contributed by atoms with Crippen LogP contribution in [0.1, 0.15) is 45.2 Å². The van der Waals surface area contributed by atoms with Crippen molar-refractivity contribution in [3.05, 3.63) is 118 Å². The van der Waals surface area contributed by atoms with Crippen molar-refractivity contribution in [2.75, 3.05) is 5.32 Å². The zero-order valence-corrected chi connectivity index (χ0v) is 18.9. The number of pyridine rings is 1. The summed E-state index contributed by atoms with van der Waals surface area (Å²) in [6.07, 6.45) is 5.55. The first-order valence-corrected chi connectivity index (χ1v) is 11.7. The molecule has 2 aromatic carbocycles. The van der Waals surface area contributed by atoms with Crippen molar-refractivity contribution in [3.8, 4) is 0 Å². The van der Waals surface area contributed by atoms with E-state index in [0.717, 1.165) is 24.0 Å². The number of hydrogen-bond donors (Lipinski definition) is 2. The number of rotatable bonds is 9.